The Hall–Kier alpha value is -1.73. The van der Waals surface area contributed by atoms with Crippen molar-refractivity contribution in [2.24, 2.45) is 23.2 Å². The summed E-state index contributed by atoms with van der Waals surface area (Å²) in [5.74, 6) is 3.52. The Morgan fingerprint density at radius 1 is 1.18 bits per heavy atom. The molecule has 4 fully saturated rings. The van der Waals surface area contributed by atoms with Gasteiger partial charge in [0, 0.05) is 23.8 Å². The zero-order valence-electron chi connectivity index (χ0n) is 15.8. The zero-order valence-corrected chi connectivity index (χ0v) is 17.4. The molecule has 146 valence electrons. The molecule has 4 saturated carbocycles. The molecule has 7 rings (SSSR count). The summed E-state index contributed by atoms with van der Waals surface area (Å²) in [4.78, 5) is 19.8. The Balaban J connectivity index is 1.13. The van der Waals surface area contributed by atoms with Crippen LogP contribution in [0.3, 0.4) is 0 Å². The summed E-state index contributed by atoms with van der Waals surface area (Å²) in [7, 11) is 0. The maximum Gasteiger partial charge on any atom is 0.226 e. The van der Waals surface area contributed by atoms with Gasteiger partial charge in [0.25, 0.3) is 0 Å². The topological polar surface area (TPSA) is 59.3 Å². The second-order valence-electron chi connectivity index (χ2n) is 9.04. The summed E-state index contributed by atoms with van der Waals surface area (Å²) in [5, 5.41) is 12.1. The number of nitrogens with zero attached hydrogens (tertiary/aromatic N) is 3. The van der Waals surface area contributed by atoms with Gasteiger partial charge in [0.1, 0.15) is 0 Å². The lowest BCUT2D eigenvalue weighted by Gasteiger charge is -2.55. The number of hydrogen-bond acceptors (Lipinski definition) is 5. The monoisotopic (exact) mass is 412 g/mol. The molecule has 3 aromatic heterocycles. The Bertz CT molecular complexity index is 983. The van der Waals surface area contributed by atoms with Crippen LogP contribution in [0.4, 0.5) is 0 Å². The third kappa shape index (κ3) is 2.74. The minimum atomic E-state index is -0.0572. The van der Waals surface area contributed by atoms with Gasteiger partial charge in [-0.15, -0.1) is 27.8 Å². The Morgan fingerprint density at radius 2 is 1.93 bits per heavy atom. The van der Waals surface area contributed by atoms with E-state index in [0.717, 1.165) is 64.8 Å². The molecule has 4 aliphatic carbocycles. The standard InChI is InChI=1S/C21H24N4OS2/c26-19(21-9-13-6-14(10-21)8-15(7-13)11-21)22-4-3-16-12-28-20-23-18(24-25(16)20)17-2-1-5-27-17/h1-2,5,12-15H,3-4,6-11H2,(H,22,26). The van der Waals surface area contributed by atoms with Crippen molar-refractivity contribution >= 4 is 33.5 Å². The number of carbonyl (C=O) groups is 1. The molecular formula is C21H24N4OS2. The van der Waals surface area contributed by atoms with Gasteiger partial charge in [-0.3, -0.25) is 4.79 Å². The van der Waals surface area contributed by atoms with Crippen LogP contribution in [0.15, 0.2) is 22.9 Å². The lowest BCUT2D eigenvalue weighted by Crippen LogP contribution is -2.53. The van der Waals surface area contributed by atoms with Gasteiger partial charge in [-0.1, -0.05) is 6.07 Å². The minimum Gasteiger partial charge on any atom is -0.355 e. The fourth-order valence-electron chi connectivity index (χ4n) is 6.29. The minimum absolute atomic E-state index is 0.0572. The normalized spacial score (nSPS) is 30.9. The van der Waals surface area contributed by atoms with Gasteiger partial charge in [-0.05, 0) is 67.7 Å². The van der Waals surface area contributed by atoms with E-state index in [0.29, 0.717) is 12.5 Å². The SMILES string of the molecule is O=C(NCCc1csc2nc(-c3cccs3)nn12)C12CC3CC(CC(C3)C1)C2. The van der Waals surface area contributed by atoms with Crippen molar-refractivity contribution in [1.82, 2.24) is 19.9 Å². The van der Waals surface area contributed by atoms with Crippen molar-refractivity contribution in [3.8, 4) is 10.7 Å². The Labute approximate surface area is 172 Å². The van der Waals surface area contributed by atoms with Crippen molar-refractivity contribution in [1.29, 1.82) is 0 Å². The predicted molar refractivity (Wildman–Crippen MR) is 111 cm³/mol. The van der Waals surface area contributed by atoms with Gasteiger partial charge in [0.2, 0.25) is 10.9 Å². The van der Waals surface area contributed by atoms with Crippen molar-refractivity contribution < 1.29 is 4.79 Å². The van der Waals surface area contributed by atoms with Crippen molar-refractivity contribution in [2.45, 2.75) is 44.9 Å². The van der Waals surface area contributed by atoms with E-state index in [9.17, 15) is 4.79 Å². The third-order valence-corrected chi connectivity index (χ3v) is 8.81. The molecule has 7 heteroatoms. The lowest BCUT2D eigenvalue weighted by atomic mass is 9.49. The van der Waals surface area contributed by atoms with Gasteiger partial charge in [-0.25, -0.2) is 4.52 Å². The van der Waals surface area contributed by atoms with Gasteiger partial charge in [0.15, 0.2) is 5.82 Å². The highest BCUT2D eigenvalue weighted by atomic mass is 32.1. The van der Waals surface area contributed by atoms with Crippen molar-refractivity contribution in [2.75, 3.05) is 6.54 Å². The molecule has 0 unspecified atom stereocenters. The maximum absolute atomic E-state index is 13.1. The van der Waals surface area contributed by atoms with Crippen molar-refractivity contribution in [3.05, 3.63) is 28.6 Å². The van der Waals surface area contributed by atoms with Crippen LogP contribution in [0, 0.1) is 23.2 Å². The smallest absolute Gasteiger partial charge is 0.226 e. The average molecular weight is 413 g/mol. The highest BCUT2D eigenvalue weighted by Gasteiger charge is 2.54. The van der Waals surface area contributed by atoms with Gasteiger partial charge < -0.3 is 5.32 Å². The first-order chi connectivity index (χ1) is 13.7. The number of hydrogen-bond donors (Lipinski definition) is 1. The molecule has 0 spiro atoms. The summed E-state index contributed by atoms with van der Waals surface area (Å²) in [5.41, 5.74) is 1.07. The molecule has 0 saturated heterocycles. The summed E-state index contributed by atoms with van der Waals surface area (Å²) < 4.78 is 1.94. The van der Waals surface area contributed by atoms with Gasteiger partial charge >= 0.3 is 0 Å². The van der Waals surface area contributed by atoms with E-state index >= 15 is 0 Å². The molecule has 28 heavy (non-hydrogen) atoms. The van der Waals surface area contributed by atoms with E-state index < -0.39 is 0 Å². The zero-order chi connectivity index (χ0) is 18.7. The Morgan fingerprint density at radius 3 is 2.61 bits per heavy atom. The number of rotatable bonds is 5. The van der Waals surface area contributed by atoms with Crippen LogP contribution in [-0.2, 0) is 11.2 Å². The second-order valence-corrected chi connectivity index (χ2v) is 10.8. The number of thiazole rings is 1. The number of carbonyl (C=O) groups excluding carboxylic acids is 1. The summed E-state index contributed by atoms with van der Waals surface area (Å²) >= 11 is 3.28. The summed E-state index contributed by atoms with van der Waals surface area (Å²) in [6.45, 7) is 0.681. The number of aromatic nitrogens is 3. The quantitative estimate of drug-likeness (QED) is 0.676. The lowest BCUT2D eigenvalue weighted by molar-refractivity contribution is -0.146. The fourth-order valence-corrected chi connectivity index (χ4v) is 7.80. The molecule has 4 bridgehead atoms. The molecule has 1 N–H and O–H groups in total. The van der Waals surface area contributed by atoms with E-state index in [-0.39, 0.29) is 5.41 Å². The molecule has 0 radical (unpaired) electrons. The van der Waals surface area contributed by atoms with Gasteiger partial charge in [0.05, 0.1) is 10.6 Å². The van der Waals surface area contributed by atoms with Crippen LogP contribution in [-0.4, -0.2) is 27.0 Å². The van der Waals surface area contributed by atoms with E-state index in [1.54, 1.807) is 22.7 Å². The highest BCUT2D eigenvalue weighted by molar-refractivity contribution is 7.15. The summed E-state index contributed by atoms with van der Waals surface area (Å²) in [6, 6.07) is 4.07. The molecular weight excluding hydrogens is 388 g/mol. The highest BCUT2D eigenvalue weighted by Crippen LogP contribution is 2.60. The maximum atomic E-state index is 13.1. The summed E-state index contributed by atoms with van der Waals surface area (Å²) in [6.07, 6.45) is 8.29. The van der Waals surface area contributed by atoms with Crippen LogP contribution in [0.1, 0.15) is 44.2 Å². The van der Waals surface area contributed by atoms with Crippen LogP contribution < -0.4 is 5.32 Å². The molecule has 1 amide bonds. The Kier molecular flexibility index (Phi) is 3.91. The molecule has 5 nitrogen and oxygen atoms in total. The van der Waals surface area contributed by atoms with Crippen LogP contribution in [0.25, 0.3) is 15.7 Å². The molecule has 3 heterocycles. The molecule has 3 aromatic rings. The van der Waals surface area contributed by atoms with E-state index in [2.05, 4.69) is 26.8 Å². The van der Waals surface area contributed by atoms with Gasteiger partial charge in [-0.2, -0.15) is 4.98 Å². The largest absolute Gasteiger partial charge is 0.355 e. The van der Waals surface area contributed by atoms with Crippen LogP contribution in [0.2, 0.25) is 0 Å². The molecule has 0 atom stereocenters. The first-order valence-electron chi connectivity index (χ1n) is 10.3. The molecule has 4 aliphatic rings. The van der Waals surface area contributed by atoms with E-state index in [4.69, 9.17) is 0 Å². The average Bonchev–Trinajstić information content (AvgIpc) is 3.38. The molecule has 0 aliphatic heterocycles. The first kappa shape index (κ1) is 17.2. The van der Waals surface area contributed by atoms with E-state index in [1.807, 2.05) is 16.0 Å². The fraction of sp³-hybridized carbons (Fsp3) is 0.571. The van der Waals surface area contributed by atoms with Crippen LogP contribution >= 0.6 is 22.7 Å². The second kappa shape index (κ2) is 6.39. The number of fused-ring (bicyclic) bond motifs is 1. The number of amides is 1. The molecule has 0 aromatic carbocycles. The number of nitrogens with one attached hydrogen (secondary N) is 1. The van der Waals surface area contributed by atoms with E-state index in [1.165, 1.54) is 19.3 Å². The third-order valence-electron chi connectivity index (χ3n) is 7.08. The first-order valence-corrected chi connectivity index (χ1v) is 12.1. The number of thiophene rings is 1. The van der Waals surface area contributed by atoms with Crippen LogP contribution in [0.5, 0.6) is 0 Å². The predicted octanol–water partition coefficient (Wildman–Crippen LogP) is 4.39. The van der Waals surface area contributed by atoms with Crippen molar-refractivity contribution in [3.63, 3.8) is 0 Å².